The molecule has 0 N–H and O–H groups in total. The van der Waals surface area contributed by atoms with Crippen molar-refractivity contribution in [1.82, 2.24) is 0 Å². The van der Waals surface area contributed by atoms with Gasteiger partial charge < -0.3 is 0 Å². The Balaban J connectivity index is 3.39. The third kappa shape index (κ3) is 1.84. The zero-order chi connectivity index (χ0) is 10.7. The Bertz CT molecular complexity index is 321. The van der Waals surface area contributed by atoms with Crippen LogP contribution in [0.2, 0.25) is 0 Å². The lowest BCUT2D eigenvalue weighted by atomic mass is 9.89. The molecule has 0 heterocycles. The van der Waals surface area contributed by atoms with Crippen LogP contribution < -0.4 is 0 Å². The van der Waals surface area contributed by atoms with Gasteiger partial charge in [0, 0.05) is 0 Å². The highest BCUT2D eigenvalue weighted by Gasteiger charge is 2.09. The maximum Gasteiger partial charge on any atom is -0.0302 e. The molecule has 0 spiro atoms. The van der Waals surface area contributed by atoms with E-state index in [1.807, 2.05) is 0 Å². The van der Waals surface area contributed by atoms with Crippen LogP contribution in [-0.2, 0) is 19.3 Å². The standard InChI is InChI=1S/C14H22/c1-6-12-9-10(4)13(7-2)11(5)14(12)8-3/h9H,6-8H2,1-5H3. The lowest BCUT2D eigenvalue weighted by Gasteiger charge is -2.16. The molecule has 0 aliphatic rings. The largest absolute Gasteiger partial charge is 0.0613 e. The molecule has 0 aliphatic heterocycles. The Morgan fingerprint density at radius 1 is 0.857 bits per heavy atom. The highest BCUT2D eigenvalue weighted by Crippen LogP contribution is 2.24. The van der Waals surface area contributed by atoms with Crippen molar-refractivity contribution < 1.29 is 0 Å². The van der Waals surface area contributed by atoms with E-state index < -0.39 is 0 Å². The van der Waals surface area contributed by atoms with Crippen LogP contribution in [0, 0.1) is 13.8 Å². The predicted molar refractivity (Wildman–Crippen MR) is 64.1 cm³/mol. The van der Waals surface area contributed by atoms with E-state index in [0.29, 0.717) is 0 Å². The van der Waals surface area contributed by atoms with Gasteiger partial charge in [0.1, 0.15) is 0 Å². The van der Waals surface area contributed by atoms with Gasteiger partial charge in [-0.05, 0) is 60.9 Å². The molecule has 1 aromatic rings. The topological polar surface area (TPSA) is 0 Å². The Hall–Kier alpha value is -0.780. The first-order valence-electron chi connectivity index (χ1n) is 5.76. The summed E-state index contributed by atoms with van der Waals surface area (Å²) in [6.07, 6.45) is 3.49. The lowest BCUT2D eigenvalue weighted by Crippen LogP contribution is -2.02. The third-order valence-corrected chi connectivity index (χ3v) is 3.25. The Morgan fingerprint density at radius 3 is 1.86 bits per heavy atom. The first-order chi connectivity index (χ1) is 6.65. The van der Waals surface area contributed by atoms with Crippen LogP contribution in [0.25, 0.3) is 0 Å². The van der Waals surface area contributed by atoms with Gasteiger partial charge in [0.25, 0.3) is 0 Å². The van der Waals surface area contributed by atoms with Crippen molar-refractivity contribution in [3.63, 3.8) is 0 Å². The molecule has 0 aromatic heterocycles. The SMILES string of the molecule is CCc1cc(C)c(CC)c(C)c1CC. The molecule has 0 unspecified atom stereocenters. The molecule has 1 aromatic carbocycles. The van der Waals surface area contributed by atoms with Crippen LogP contribution in [0.4, 0.5) is 0 Å². The van der Waals surface area contributed by atoms with Crippen LogP contribution in [-0.4, -0.2) is 0 Å². The summed E-state index contributed by atoms with van der Waals surface area (Å²) in [5, 5.41) is 0. The fourth-order valence-corrected chi connectivity index (χ4v) is 2.51. The van der Waals surface area contributed by atoms with Crippen molar-refractivity contribution in [3.05, 3.63) is 33.9 Å². The van der Waals surface area contributed by atoms with E-state index in [1.54, 1.807) is 16.7 Å². The van der Waals surface area contributed by atoms with Gasteiger partial charge in [0.15, 0.2) is 0 Å². The second kappa shape index (κ2) is 4.63. The zero-order valence-corrected chi connectivity index (χ0v) is 10.2. The Morgan fingerprint density at radius 2 is 1.43 bits per heavy atom. The smallest absolute Gasteiger partial charge is 0.0302 e. The number of rotatable bonds is 3. The minimum absolute atomic E-state index is 1.16. The van der Waals surface area contributed by atoms with Crippen LogP contribution >= 0.6 is 0 Å². The first kappa shape index (κ1) is 11.3. The van der Waals surface area contributed by atoms with E-state index in [0.717, 1.165) is 12.8 Å². The van der Waals surface area contributed by atoms with Gasteiger partial charge >= 0.3 is 0 Å². The van der Waals surface area contributed by atoms with Gasteiger partial charge in [0.2, 0.25) is 0 Å². The minimum atomic E-state index is 1.16. The van der Waals surface area contributed by atoms with Crippen molar-refractivity contribution in [1.29, 1.82) is 0 Å². The molecule has 0 amide bonds. The Labute approximate surface area is 88.4 Å². The second-order valence-electron chi connectivity index (χ2n) is 4.00. The monoisotopic (exact) mass is 190 g/mol. The van der Waals surface area contributed by atoms with Crippen molar-refractivity contribution in [2.45, 2.75) is 53.9 Å². The third-order valence-electron chi connectivity index (χ3n) is 3.25. The fourth-order valence-electron chi connectivity index (χ4n) is 2.51. The lowest BCUT2D eigenvalue weighted by molar-refractivity contribution is 0.974. The fraction of sp³-hybridized carbons (Fsp3) is 0.571. The van der Waals surface area contributed by atoms with E-state index >= 15 is 0 Å². The Kier molecular flexibility index (Phi) is 3.74. The molecule has 0 bridgehead atoms. The maximum atomic E-state index is 2.38. The highest BCUT2D eigenvalue weighted by molar-refractivity contribution is 5.45. The molecular formula is C14H22. The quantitative estimate of drug-likeness (QED) is 0.676. The minimum Gasteiger partial charge on any atom is -0.0613 e. The van der Waals surface area contributed by atoms with Crippen LogP contribution in [0.5, 0.6) is 0 Å². The summed E-state index contributed by atoms with van der Waals surface area (Å²) in [5.74, 6) is 0. The van der Waals surface area contributed by atoms with E-state index in [2.05, 4.69) is 40.7 Å². The summed E-state index contributed by atoms with van der Waals surface area (Å²) in [6, 6.07) is 2.38. The molecule has 0 aliphatic carbocycles. The summed E-state index contributed by atoms with van der Waals surface area (Å²) in [5.41, 5.74) is 7.68. The van der Waals surface area contributed by atoms with Crippen molar-refractivity contribution >= 4 is 0 Å². The predicted octanol–water partition coefficient (Wildman–Crippen LogP) is 3.99. The molecule has 0 saturated carbocycles. The molecule has 0 heteroatoms. The molecule has 78 valence electrons. The van der Waals surface area contributed by atoms with Crippen LogP contribution in [0.3, 0.4) is 0 Å². The van der Waals surface area contributed by atoms with Crippen LogP contribution in [0.1, 0.15) is 48.6 Å². The molecule has 0 saturated heterocycles. The van der Waals surface area contributed by atoms with Gasteiger partial charge in [-0.15, -0.1) is 0 Å². The van der Waals surface area contributed by atoms with Crippen molar-refractivity contribution in [3.8, 4) is 0 Å². The molecule has 0 fully saturated rings. The number of hydrogen-bond acceptors (Lipinski definition) is 0. The zero-order valence-electron chi connectivity index (χ0n) is 10.2. The summed E-state index contributed by atoms with van der Waals surface area (Å²) in [4.78, 5) is 0. The summed E-state index contributed by atoms with van der Waals surface area (Å²) < 4.78 is 0. The van der Waals surface area contributed by atoms with Gasteiger partial charge in [-0.2, -0.15) is 0 Å². The van der Waals surface area contributed by atoms with Gasteiger partial charge in [-0.25, -0.2) is 0 Å². The summed E-state index contributed by atoms with van der Waals surface area (Å²) in [6.45, 7) is 11.3. The van der Waals surface area contributed by atoms with E-state index in [1.165, 1.54) is 17.5 Å². The van der Waals surface area contributed by atoms with Gasteiger partial charge in [-0.1, -0.05) is 26.8 Å². The number of benzene rings is 1. The van der Waals surface area contributed by atoms with E-state index in [4.69, 9.17) is 0 Å². The summed E-state index contributed by atoms with van der Waals surface area (Å²) in [7, 11) is 0. The van der Waals surface area contributed by atoms with Crippen molar-refractivity contribution in [2.24, 2.45) is 0 Å². The molecule has 1 rings (SSSR count). The molecular weight excluding hydrogens is 168 g/mol. The highest BCUT2D eigenvalue weighted by atomic mass is 14.1. The number of aryl methyl sites for hydroxylation is 2. The van der Waals surface area contributed by atoms with Crippen molar-refractivity contribution in [2.75, 3.05) is 0 Å². The number of hydrogen-bond donors (Lipinski definition) is 0. The normalized spacial score (nSPS) is 10.6. The average molecular weight is 190 g/mol. The van der Waals surface area contributed by atoms with Crippen LogP contribution in [0.15, 0.2) is 6.07 Å². The van der Waals surface area contributed by atoms with Gasteiger partial charge in [0.05, 0.1) is 0 Å². The van der Waals surface area contributed by atoms with Gasteiger partial charge in [-0.3, -0.25) is 0 Å². The van der Waals surface area contributed by atoms with E-state index in [-0.39, 0.29) is 0 Å². The molecule has 0 atom stereocenters. The summed E-state index contributed by atoms with van der Waals surface area (Å²) >= 11 is 0. The molecule has 0 nitrogen and oxygen atoms in total. The molecule has 0 radical (unpaired) electrons. The maximum absolute atomic E-state index is 2.38. The second-order valence-corrected chi connectivity index (χ2v) is 4.00. The molecule has 14 heavy (non-hydrogen) atoms. The first-order valence-corrected chi connectivity index (χ1v) is 5.76. The average Bonchev–Trinajstić information content (AvgIpc) is 2.17. The van der Waals surface area contributed by atoms with E-state index in [9.17, 15) is 0 Å².